The summed E-state index contributed by atoms with van der Waals surface area (Å²) in [7, 11) is 0. The Morgan fingerprint density at radius 1 is 1.17 bits per heavy atom. The van der Waals surface area contributed by atoms with Gasteiger partial charge in [-0.2, -0.15) is 0 Å². The first kappa shape index (κ1) is 17.3. The van der Waals surface area contributed by atoms with Crippen molar-refractivity contribution in [2.24, 2.45) is 0 Å². The molecule has 0 fully saturated rings. The van der Waals surface area contributed by atoms with E-state index in [1.54, 1.807) is 0 Å². The van der Waals surface area contributed by atoms with Gasteiger partial charge in [0, 0.05) is 30.3 Å². The Kier molecular flexibility index (Phi) is 5.00. The first-order chi connectivity index (χ1) is 10.6. The number of fused-ring (bicyclic) bond motifs is 1. The van der Waals surface area contributed by atoms with E-state index in [0.29, 0.717) is 6.54 Å². The average molecular weight is 317 g/mol. The number of carbonyl (C=O) groups excluding carboxylic acids is 1. The second kappa shape index (κ2) is 6.62. The largest absolute Gasteiger partial charge is 0.444 e. The Morgan fingerprint density at radius 3 is 2.61 bits per heavy atom. The van der Waals surface area contributed by atoms with Crippen molar-refractivity contribution in [2.45, 2.75) is 52.3 Å². The van der Waals surface area contributed by atoms with Crippen molar-refractivity contribution in [2.75, 3.05) is 6.54 Å². The van der Waals surface area contributed by atoms with Gasteiger partial charge in [0.15, 0.2) is 0 Å². The summed E-state index contributed by atoms with van der Waals surface area (Å²) in [4.78, 5) is 14.9. The summed E-state index contributed by atoms with van der Waals surface area (Å²) in [6, 6.07) is 8.41. The molecule has 0 aliphatic carbocycles. The van der Waals surface area contributed by atoms with Gasteiger partial charge in [-0.05, 0) is 63.8 Å². The Hall–Kier alpha value is -2.01. The molecule has 5 nitrogen and oxygen atoms in total. The lowest BCUT2D eigenvalue weighted by Gasteiger charge is -2.28. The molecular formula is C18H27N3O2. The van der Waals surface area contributed by atoms with E-state index in [1.165, 1.54) is 10.9 Å². The van der Waals surface area contributed by atoms with Crippen LogP contribution in [-0.2, 0) is 11.3 Å². The number of nitrogens with one attached hydrogen (secondary N) is 3. The molecule has 0 atom stereocenters. The number of hydrogen-bond donors (Lipinski definition) is 3. The number of carbonyl (C=O) groups is 1. The van der Waals surface area contributed by atoms with Gasteiger partial charge < -0.3 is 20.4 Å². The zero-order chi connectivity index (χ0) is 17.1. The van der Waals surface area contributed by atoms with Crippen molar-refractivity contribution in [3.63, 3.8) is 0 Å². The van der Waals surface area contributed by atoms with Gasteiger partial charge >= 0.3 is 6.09 Å². The van der Waals surface area contributed by atoms with Crippen LogP contribution in [0.2, 0.25) is 0 Å². The molecule has 1 amide bonds. The van der Waals surface area contributed by atoms with E-state index in [2.05, 4.69) is 53.7 Å². The molecule has 0 saturated carbocycles. The van der Waals surface area contributed by atoms with Crippen LogP contribution in [-0.4, -0.2) is 28.8 Å². The van der Waals surface area contributed by atoms with Crippen LogP contribution >= 0.6 is 0 Å². The number of aromatic amines is 1. The number of alkyl carbamates (subject to hydrolysis) is 1. The van der Waals surface area contributed by atoms with Crippen LogP contribution in [0.25, 0.3) is 10.9 Å². The summed E-state index contributed by atoms with van der Waals surface area (Å²) in [5, 5.41) is 7.49. The predicted octanol–water partition coefficient (Wildman–Crippen LogP) is 3.56. The fourth-order valence-electron chi connectivity index (χ4n) is 2.22. The highest BCUT2D eigenvalue weighted by Crippen LogP contribution is 2.15. The summed E-state index contributed by atoms with van der Waals surface area (Å²) < 4.78 is 5.25. The molecule has 1 aromatic carbocycles. The molecule has 0 aliphatic rings. The lowest BCUT2D eigenvalue weighted by molar-refractivity contribution is 0.0513. The molecule has 0 bridgehead atoms. The zero-order valence-corrected chi connectivity index (χ0v) is 14.6. The number of rotatable bonds is 5. The fraction of sp³-hybridized carbons (Fsp3) is 0.500. The van der Waals surface area contributed by atoms with Gasteiger partial charge in [-0.3, -0.25) is 0 Å². The monoisotopic (exact) mass is 317 g/mol. The minimum absolute atomic E-state index is 0.232. The minimum atomic E-state index is -0.479. The van der Waals surface area contributed by atoms with E-state index in [1.807, 2.05) is 27.0 Å². The number of hydrogen-bond acceptors (Lipinski definition) is 3. The van der Waals surface area contributed by atoms with Gasteiger partial charge in [-0.1, -0.05) is 6.07 Å². The highest BCUT2D eigenvalue weighted by Gasteiger charge is 2.21. The Balaban J connectivity index is 1.84. The average Bonchev–Trinajstić information content (AvgIpc) is 2.89. The van der Waals surface area contributed by atoms with Crippen LogP contribution in [0, 0.1) is 0 Å². The van der Waals surface area contributed by atoms with Crippen LogP contribution in [0.3, 0.4) is 0 Å². The quantitative estimate of drug-likeness (QED) is 0.790. The second-order valence-electron chi connectivity index (χ2n) is 7.49. The maximum absolute atomic E-state index is 11.7. The molecule has 0 aliphatic heterocycles. The summed E-state index contributed by atoms with van der Waals surface area (Å²) in [5.74, 6) is 0. The molecule has 0 spiro atoms. The number of amides is 1. The topological polar surface area (TPSA) is 66.2 Å². The standard InChI is InChI=1S/C18H27N3O2/c1-17(2,3)23-16(22)20-12-18(4,5)21-11-13-6-7-15-14(10-13)8-9-19-15/h6-10,19,21H,11-12H2,1-5H3,(H,20,22). The summed E-state index contributed by atoms with van der Waals surface area (Å²) in [5.41, 5.74) is 1.64. The van der Waals surface area contributed by atoms with Crippen molar-refractivity contribution >= 4 is 17.0 Å². The Bertz CT molecular complexity index is 668. The van der Waals surface area contributed by atoms with Crippen LogP contribution in [0.15, 0.2) is 30.5 Å². The SMILES string of the molecule is CC(C)(CNC(=O)OC(C)(C)C)NCc1ccc2[nH]ccc2c1. The summed E-state index contributed by atoms with van der Waals surface area (Å²) in [6.45, 7) is 10.9. The van der Waals surface area contributed by atoms with E-state index >= 15 is 0 Å². The predicted molar refractivity (Wildman–Crippen MR) is 93.5 cm³/mol. The third kappa shape index (κ3) is 5.60. The number of ether oxygens (including phenoxy) is 1. The van der Waals surface area contributed by atoms with E-state index < -0.39 is 5.60 Å². The zero-order valence-electron chi connectivity index (χ0n) is 14.6. The van der Waals surface area contributed by atoms with E-state index in [4.69, 9.17) is 4.74 Å². The number of benzene rings is 1. The third-order valence-corrected chi connectivity index (χ3v) is 3.46. The van der Waals surface area contributed by atoms with Gasteiger partial charge in [-0.15, -0.1) is 0 Å². The van der Waals surface area contributed by atoms with Gasteiger partial charge in [0.1, 0.15) is 5.60 Å². The van der Waals surface area contributed by atoms with Crippen LogP contribution in [0.5, 0.6) is 0 Å². The summed E-state index contributed by atoms with van der Waals surface area (Å²) in [6.07, 6.45) is 1.55. The molecule has 1 heterocycles. The Morgan fingerprint density at radius 2 is 1.91 bits per heavy atom. The van der Waals surface area contributed by atoms with Crippen molar-refractivity contribution in [1.82, 2.24) is 15.6 Å². The lowest BCUT2D eigenvalue weighted by atomic mass is 10.0. The van der Waals surface area contributed by atoms with Crippen molar-refractivity contribution in [3.8, 4) is 0 Å². The molecule has 3 N–H and O–H groups in total. The molecule has 126 valence electrons. The normalized spacial score (nSPS) is 12.4. The molecule has 23 heavy (non-hydrogen) atoms. The highest BCUT2D eigenvalue weighted by atomic mass is 16.6. The highest BCUT2D eigenvalue weighted by molar-refractivity contribution is 5.79. The Labute approximate surface area is 137 Å². The number of H-pyrrole nitrogens is 1. The maximum atomic E-state index is 11.7. The summed E-state index contributed by atoms with van der Waals surface area (Å²) >= 11 is 0. The van der Waals surface area contributed by atoms with Crippen molar-refractivity contribution in [3.05, 3.63) is 36.0 Å². The molecule has 1 aromatic heterocycles. The molecule has 2 rings (SSSR count). The molecule has 0 radical (unpaired) electrons. The van der Waals surface area contributed by atoms with Crippen molar-refractivity contribution < 1.29 is 9.53 Å². The van der Waals surface area contributed by atoms with Gasteiger partial charge in [0.2, 0.25) is 0 Å². The van der Waals surface area contributed by atoms with Gasteiger partial charge in [0.05, 0.1) is 0 Å². The third-order valence-electron chi connectivity index (χ3n) is 3.46. The molecule has 0 unspecified atom stereocenters. The number of aromatic nitrogens is 1. The van der Waals surface area contributed by atoms with Gasteiger partial charge in [0.25, 0.3) is 0 Å². The van der Waals surface area contributed by atoms with Crippen LogP contribution < -0.4 is 10.6 Å². The maximum Gasteiger partial charge on any atom is 0.407 e. The van der Waals surface area contributed by atoms with E-state index in [9.17, 15) is 4.79 Å². The van der Waals surface area contributed by atoms with E-state index in [0.717, 1.165) is 12.1 Å². The molecule has 2 aromatic rings. The minimum Gasteiger partial charge on any atom is -0.444 e. The molecule has 5 heteroatoms. The second-order valence-corrected chi connectivity index (χ2v) is 7.49. The molecule has 0 saturated heterocycles. The molecular weight excluding hydrogens is 290 g/mol. The lowest BCUT2D eigenvalue weighted by Crippen LogP contribution is -2.49. The fourth-order valence-corrected chi connectivity index (χ4v) is 2.22. The first-order valence-electron chi connectivity index (χ1n) is 7.93. The van der Waals surface area contributed by atoms with E-state index in [-0.39, 0.29) is 11.6 Å². The van der Waals surface area contributed by atoms with Crippen LogP contribution in [0.4, 0.5) is 4.79 Å². The van der Waals surface area contributed by atoms with Crippen molar-refractivity contribution in [1.29, 1.82) is 0 Å². The van der Waals surface area contributed by atoms with Gasteiger partial charge in [-0.25, -0.2) is 4.79 Å². The van der Waals surface area contributed by atoms with Crippen LogP contribution in [0.1, 0.15) is 40.2 Å². The smallest absolute Gasteiger partial charge is 0.407 e. The first-order valence-corrected chi connectivity index (χ1v) is 7.93.